The van der Waals surface area contributed by atoms with Crippen LogP contribution in [0.1, 0.15) is 18.5 Å². The third-order valence-corrected chi connectivity index (χ3v) is 3.76. The maximum absolute atomic E-state index is 14.0. The summed E-state index contributed by atoms with van der Waals surface area (Å²) in [5.41, 5.74) is 6.76. The van der Waals surface area contributed by atoms with Crippen LogP contribution in [-0.4, -0.2) is 0 Å². The predicted molar refractivity (Wildman–Crippen MR) is 77.1 cm³/mol. The Hall–Kier alpha value is -0.970. The molecule has 0 radical (unpaired) electrons. The number of halogens is 4. The molecule has 100 valence electrons. The summed E-state index contributed by atoms with van der Waals surface area (Å²) in [4.78, 5) is 0. The van der Waals surface area contributed by atoms with E-state index in [9.17, 15) is 8.78 Å². The third kappa shape index (κ3) is 2.81. The lowest BCUT2D eigenvalue weighted by Crippen LogP contribution is -2.05. The lowest BCUT2D eigenvalue weighted by Gasteiger charge is -2.12. The average Bonchev–Trinajstić information content (AvgIpc) is 2.34. The molecule has 0 bridgehead atoms. The van der Waals surface area contributed by atoms with Crippen molar-refractivity contribution in [1.29, 1.82) is 0 Å². The summed E-state index contributed by atoms with van der Waals surface area (Å²) >= 11 is 9.12. The van der Waals surface area contributed by atoms with Gasteiger partial charge >= 0.3 is 0 Å². The highest BCUT2D eigenvalue weighted by atomic mass is 79.9. The zero-order valence-electron chi connectivity index (χ0n) is 10.1. The lowest BCUT2D eigenvalue weighted by molar-refractivity contribution is 0.585. The Labute approximate surface area is 123 Å². The number of benzene rings is 2. The molecule has 1 unspecified atom stereocenters. The number of nitrogens with two attached hydrogens (primary N) is 1. The van der Waals surface area contributed by atoms with Gasteiger partial charge in [0, 0.05) is 11.1 Å². The minimum absolute atomic E-state index is 0.104. The molecule has 0 fully saturated rings. The van der Waals surface area contributed by atoms with Crippen LogP contribution in [0.3, 0.4) is 0 Å². The topological polar surface area (TPSA) is 26.0 Å². The van der Waals surface area contributed by atoms with Gasteiger partial charge in [-0.1, -0.05) is 23.7 Å². The Balaban J connectivity index is 2.61. The molecule has 0 spiro atoms. The average molecular weight is 347 g/mol. The Bertz CT molecular complexity index is 629. The van der Waals surface area contributed by atoms with E-state index in [0.717, 1.165) is 5.56 Å². The first-order chi connectivity index (χ1) is 8.91. The first-order valence-corrected chi connectivity index (χ1v) is 6.77. The molecule has 0 aliphatic rings. The highest BCUT2D eigenvalue weighted by Crippen LogP contribution is 2.33. The fourth-order valence-corrected chi connectivity index (χ4v) is 2.53. The standard InChI is InChI=1S/C14H11BrClF2N/c1-7(19)9-3-2-8(6-11(9)16)13-12(17)5-4-10(15)14(13)18/h2-7H,19H2,1H3. The molecule has 0 aromatic heterocycles. The zero-order chi connectivity index (χ0) is 14.2. The summed E-state index contributed by atoms with van der Waals surface area (Å²) in [7, 11) is 0. The van der Waals surface area contributed by atoms with Crippen LogP contribution in [-0.2, 0) is 0 Å². The maximum atomic E-state index is 14.0. The van der Waals surface area contributed by atoms with Crippen LogP contribution in [0.25, 0.3) is 11.1 Å². The Kier molecular flexibility index (Phi) is 4.23. The zero-order valence-corrected chi connectivity index (χ0v) is 12.4. The van der Waals surface area contributed by atoms with Crippen molar-refractivity contribution in [3.8, 4) is 11.1 Å². The van der Waals surface area contributed by atoms with Crippen molar-refractivity contribution < 1.29 is 8.78 Å². The van der Waals surface area contributed by atoms with E-state index in [1.807, 2.05) is 0 Å². The summed E-state index contributed by atoms with van der Waals surface area (Å²) < 4.78 is 28.0. The summed E-state index contributed by atoms with van der Waals surface area (Å²) in [5.74, 6) is -1.28. The molecule has 0 aliphatic carbocycles. The van der Waals surface area contributed by atoms with Gasteiger partial charge in [0.15, 0.2) is 0 Å². The van der Waals surface area contributed by atoms with Crippen molar-refractivity contribution in [1.82, 2.24) is 0 Å². The maximum Gasteiger partial charge on any atom is 0.148 e. The van der Waals surface area contributed by atoms with Gasteiger partial charge in [-0.3, -0.25) is 0 Å². The molecule has 0 amide bonds. The van der Waals surface area contributed by atoms with Gasteiger partial charge in [-0.25, -0.2) is 8.78 Å². The quantitative estimate of drug-likeness (QED) is 0.755. The van der Waals surface area contributed by atoms with Gasteiger partial charge in [-0.2, -0.15) is 0 Å². The number of rotatable bonds is 2. The molecular formula is C14H11BrClF2N. The fraction of sp³-hybridized carbons (Fsp3) is 0.143. The van der Waals surface area contributed by atoms with E-state index in [0.29, 0.717) is 10.6 Å². The fourth-order valence-electron chi connectivity index (χ4n) is 1.84. The van der Waals surface area contributed by atoms with E-state index in [2.05, 4.69) is 15.9 Å². The Morgan fingerprint density at radius 2 is 1.89 bits per heavy atom. The monoisotopic (exact) mass is 345 g/mol. The molecular weight excluding hydrogens is 336 g/mol. The summed E-state index contributed by atoms with van der Waals surface area (Å²) in [6.07, 6.45) is 0. The summed E-state index contributed by atoms with van der Waals surface area (Å²) in [5, 5.41) is 0.395. The first-order valence-electron chi connectivity index (χ1n) is 5.60. The van der Waals surface area contributed by atoms with Crippen molar-refractivity contribution in [2.24, 2.45) is 5.73 Å². The normalized spacial score (nSPS) is 12.5. The van der Waals surface area contributed by atoms with E-state index < -0.39 is 11.6 Å². The molecule has 0 saturated heterocycles. The molecule has 1 atom stereocenters. The molecule has 0 aliphatic heterocycles. The molecule has 19 heavy (non-hydrogen) atoms. The Morgan fingerprint density at radius 3 is 2.47 bits per heavy atom. The van der Waals surface area contributed by atoms with E-state index >= 15 is 0 Å². The predicted octanol–water partition coefficient (Wildman–Crippen LogP) is 5.07. The van der Waals surface area contributed by atoms with Crippen LogP contribution >= 0.6 is 27.5 Å². The molecule has 2 rings (SSSR count). The largest absolute Gasteiger partial charge is 0.324 e. The summed E-state index contributed by atoms with van der Waals surface area (Å²) in [6.45, 7) is 1.79. The highest BCUT2D eigenvalue weighted by molar-refractivity contribution is 9.10. The van der Waals surface area contributed by atoms with Crippen LogP contribution < -0.4 is 5.73 Å². The molecule has 1 nitrogen and oxygen atoms in total. The van der Waals surface area contributed by atoms with E-state index in [4.69, 9.17) is 17.3 Å². The second-order valence-electron chi connectivity index (χ2n) is 4.24. The molecule has 5 heteroatoms. The first kappa shape index (κ1) is 14.4. The molecule has 2 N–H and O–H groups in total. The van der Waals surface area contributed by atoms with Crippen LogP contribution in [0, 0.1) is 11.6 Å². The van der Waals surface area contributed by atoms with Crippen molar-refractivity contribution in [3.05, 3.63) is 57.0 Å². The second-order valence-corrected chi connectivity index (χ2v) is 5.50. The van der Waals surface area contributed by atoms with E-state index in [-0.39, 0.29) is 16.1 Å². The van der Waals surface area contributed by atoms with Gasteiger partial charge in [0.25, 0.3) is 0 Å². The third-order valence-electron chi connectivity index (χ3n) is 2.82. The van der Waals surface area contributed by atoms with Gasteiger partial charge in [-0.15, -0.1) is 0 Å². The summed E-state index contributed by atoms with van der Waals surface area (Å²) in [6, 6.07) is 7.11. The van der Waals surface area contributed by atoms with Crippen LogP contribution in [0.4, 0.5) is 8.78 Å². The van der Waals surface area contributed by atoms with Gasteiger partial charge in [0.2, 0.25) is 0 Å². The van der Waals surface area contributed by atoms with Crippen molar-refractivity contribution in [2.75, 3.05) is 0 Å². The van der Waals surface area contributed by atoms with Crippen LogP contribution in [0.5, 0.6) is 0 Å². The molecule has 0 saturated carbocycles. The minimum Gasteiger partial charge on any atom is -0.324 e. The van der Waals surface area contributed by atoms with E-state index in [1.54, 1.807) is 19.1 Å². The smallest absolute Gasteiger partial charge is 0.148 e. The van der Waals surface area contributed by atoms with Crippen LogP contribution in [0.2, 0.25) is 5.02 Å². The van der Waals surface area contributed by atoms with Crippen LogP contribution in [0.15, 0.2) is 34.8 Å². The van der Waals surface area contributed by atoms with Crippen molar-refractivity contribution in [3.63, 3.8) is 0 Å². The van der Waals surface area contributed by atoms with Gasteiger partial charge < -0.3 is 5.73 Å². The highest BCUT2D eigenvalue weighted by Gasteiger charge is 2.16. The van der Waals surface area contributed by atoms with Gasteiger partial charge in [0.05, 0.1) is 10.0 Å². The molecule has 2 aromatic carbocycles. The second kappa shape index (κ2) is 5.57. The molecule has 2 aromatic rings. The van der Waals surface area contributed by atoms with Gasteiger partial charge in [0.1, 0.15) is 11.6 Å². The Morgan fingerprint density at radius 1 is 1.21 bits per heavy atom. The lowest BCUT2D eigenvalue weighted by atomic mass is 10.0. The SMILES string of the molecule is CC(N)c1ccc(-c2c(F)ccc(Br)c2F)cc1Cl. The van der Waals surface area contributed by atoms with E-state index in [1.165, 1.54) is 18.2 Å². The number of hydrogen-bond acceptors (Lipinski definition) is 1. The molecule has 0 heterocycles. The number of hydrogen-bond donors (Lipinski definition) is 1. The van der Waals surface area contributed by atoms with Gasteiger partial charge in [-0.05, 0) is 52.2 Å². The van der Waals surface area contributed by atoms with Crippen molar-refractivity contribution in [2.45, 2.75) is 13.0 Å². The minimum atomic E-state index is -0.649. The van der Waals surface area contributed by atoms with Crippen molar-refractivity contribution >= 4 is 27.5 Å².